The molecule has 0 spiro atoms. The largest absolute Gasteiger partial charge is 0.494 e. The van der Waals surface area contributed by atoms with E-state index < -0.39 is 6.67 Å². The van der Waals surface area contributed by atoms with E-state index in [-0.39, 0.29) is 23.5 Å². The van der Waals surface area contributed by atoms with Gasteiger partial charge in [-0.3, -0.25) is 13.6 Å². The summed E-state index contributed by atoms with van der Waals surface area (Å²) in [6.07, 6.45) is 2.27. The minimum atomic E-state index is -0.407. The Bertz CT molecular complexity index is 970. The molecule has 1 atom stereocenters. The monoisotopic (exact) mass is 343 g/mol. The van der Waals surface area contributed by atoms with Crippen molar-refractivity contribution in [2.75, 3.05) is 32.6 Å². The number of methoxy groups -OCH3 is 1. The van der Waals surface area contributed by atoms with Gasteiger partial charge in [0.05, 0.1) is 13.8 Å². The van der Waals surface area contributed by atoms with Gasteiger partial charge in [0.15, 0.2) is 0 Å². The van der Waals surface area contributed by atoms with E-state index in [4.69, 9.17) is 10.5 Å². The van der Waals surface area contributed by atoms with E-state index in [1.165, 1.54) is 0 Å². The number of nitrogen functional groups attached to an aromatic ring is 1. The number of alkyl halides is 1. The zero-order chi connectivity index (χ0) is 17.6. The molecule has 1 fully saturated rings. The van der Waals surface area contributed by atoms with E-state index in [0.29, 0.717) is 36.4 Å². The van der Waals surface area contributed by atoms with Crippen LogP contribution in [0.3, 0.4) is 0 Å². The number of hydrogen-bond acceptors (Lipinski definition) is 5. The molecule has 2 aromatic heterocycles. The molecule has 1 saturated heterocycles. The molecule has 8 heteroatoms. The van der Waals surface area contributed by atoms with Gasteiger partial charge in [-0.25, -0.2) is 9.97 Å². The number of benzene rings is 1. The lowest BCUT2D eigenvalue weighted by Crippen LogP contribution is -2.29. The molecule has 1 aliphatic rings. The Morgan fingerprint density at radius 1 is 1.44 bits per heavy atom. The average molecular weight is 343 g/mol. The Balaban J connectivity index is 1.81. The Kier molecular flexibility index (Phi) is 3.67. The van der Waals surface area contributed by atoms with Gasteiger partial charge in [0.1, 0.15) is 22.6 Å². The van der Waals surface area contributed by atoms with Gasteiger partial charge in [0.25, 0.3) is 5.91 Å². The molecule has 3 heterocycles. The summed E-state index contributed by atoms with van der Waals surface area (Å²) in [6.45, 7) is 0.561. The van der Waals surface area contributed by atoms with Crippen LogP contribution in [-0.2, 0) is 0 Å². The smallest absolute Gasteiger partial charge is 0.274 e. The summed E-state index contributed by atoms with van der Waals surface area (Å²) in [7, 11) is 1.56. The number of nitrogens with zero attached hydrogens (tertiary/aromatic N) is 4. The molecule has 25 heavy (non-hydrogen) atoms. The normalized spacial score (nSPS) is 17.5. The molecule has 1 unspecified atom stereocenters. The Hall–Kier alpha value is -2.90. The first-order chi connectivity index (χ1) is 12.1. The molecule has 1 amide bonds. The quantitative estimate of drug-likeness (QED) is 0.785. The number of nitrogens with two attached hydrogens (primary N) is 1. The average Bonchev–Trinajstić information content (AvgIpc) is 3.28. The molecule has 0 radical (unpaired) electrons. The van der Waals surface area contributed by atoms with Crippen LogP contribution in [0.15, 0.2) is 24.4 Å². The van der Waals surface area contributed by atoms with Gasteiger partial charge in [0.2, 0.25) is 5.95 Å². The SMILES string of the molecule is COc1cccc2c1nc(N)n1cc(C(=O)N3CCC(CF)C3)nc21. The predicted molar refractivity (Wildman–Crippen MR) is 91.4 cm³/mol. The summed E-state index contributed by atoms with van der Waals surface area (Å²) >= 11 is 0. The number of amides is 1. The summed E-state index contributed by atoms with van der Waals surface area (Å²) < 4.78 is 19.7. The van der Waals surface area contributed by atoms with Crippen LogP contribution in [0, 0.1) is 5.92 Å². The van der Waals surface area contributed by atoms with E-state index in [1.54, 1.807) is 28.7 Å². The maximum absolute atomic E-state index is 12.8. The van der Waals surface area contributed by atoms with Gasteiger partial charge in [-0.1, -0.05) is 6.07 Å². The fourth-order valence-electron chi connectivity index (χ4n) is 3.30. The van der Waals surface area contributed by atoms with E-state index in [9.17, 15) is 9.18 Å². The molecule has 130 valence electrons. The van der Waals surface area contributed by atoms with E-state index in [1.807, 2.05) is 12.1 Å². The van der Waals surface area contributed by atoms with Gasteiger partial charge in [-0.05, 0) is 18.6 Å². The number of anilines is 1. The number of para-hydroxylation sites is 1. The number of carbonyl (C=O) groups excluding carboxylic acids is 1. The van der Waals surface area contributed by atoms with E-state index >= 15 is 0 Å². The first kappa shape index (κ1) is 15.6. The Morgan fingerprint density at radius 3 is 3.00 bits per heavy atom. The highest BCUT2D eigenvalue weighted by atomic mass is 19.1. The number of imidazole rings is 1. The lowest BCUT2D eigenvalue weighted by atomic mass is 10.1. The number of likely N-dealkylation sites (tertiary alicyclic amines) is 1. The summed E-state index contributed by atoms with van der Waals surface area (Å²) in [5, 5.41) is 0.746. The highest BCUT2D eigenvalue weighted by molar-refractivity contribution is 5.99. The second-order valence-electron chi connectivity index (χ2n) is 6.21. The van der Waals surface area contributed by atoms with Crippen molar-refractivity contribution in [1.82, 2.24) is 19.3 Å². The minimum absolute atomic E-state index is 0.0854. The van der Waals surface area contributed by atoms with Gasteiger partial charge in [0, 0.05) is 30.6 Å². The van der Waals surface area contributed by atoms with Gasteiger partial charge in [-0.15, -0.1) is 0 Å². The molecule has 1 aliphatic heterocycles. The molecule has 0 bridgehead atoms. The van der Waals surface area contributed by atoms with Crippen molar-refractivity contribution in [3.05, 3.63) is 30.1 Å². The van der Waals surface area contributed by atoms with E-state index in [0.717, 1.165) is 5.39 Å². The topological polar surface area (TPSA) is 85.8 Å². The van der Waals surface area contributed by atoms with Gasteiger partial charge >= 0.3 is 0 Å². The number of hydrogen-bond donors (Lipinski definition) is 1. The molecular formula is C17H18FN5O2. The van der Waals surface area contributed by atoms with Crippen molar-refractivity contribution in [2.24, 2.45) is 5.92 Å². The van der Waals surface area contributed by atoms with Crippen molar-refractivity contribution in [3.63, 3.8) is 0 Å². The fraction of sp³-hybridized carbons (Fsp3) is 0.353. The first-order valence-electron chi connectivity index (χ1n) is 8.09. The van der Waals surface area contributed by atoms with Crippen LogP contribution in [0.25, 0.3) is 16.6 Å². The number of rotatable bonds is 3. The molecule has 7 nitrogen and oxygen atoms in total. The summed E-state index contributed by atoms with van der Waals surface area (Å²) in [5.41, 5.74) is 7.46. The van der Waals surface area contributed by atoms with Gasteiger partial charge < -0.3 is 15.4 Å². The third-order valence-corrected chi connectivity index (χ3v) is 4.65. The summed E-state index contributed by atoms with van der Waals surface area (Å²) in [5.74, 6) is 0.516. The van der Waals surface area contributed by atoms with Crippen molar-refractivity contribution in [1.29, 1.82) is 0 Å². The molecule has 1 aromatic carbocycles. The van der Waals surface area contributed by atoms with Crippen molar-refractivity contribution < 1.29 is 13.9 Å². The molecule has 4 rings (SSSR count). The lowest BCUT2D eigenvalue weighted by Gasteiger charge is -2.13. The molecule has 0 saturated carbocycles. The molecular weight excluding hydrogens is 325 g/mol. The second kappa shape index (κ2) is 5.87. The van der Waals surface area contributed by atoms with Crippen molar-refractivity contribution >= 4 is 28.4 Å². The van der Waals surface area contributed by atoms with Crippen LogP contribution in [0.2, 0.25) is 0 Å². The Labute approximate surface area is 143 Å². The second-order valence-corrected chi connectivity index (χ2v) is 6.21. The fourth-order valence-corrected chi connectivity index (χ4v) is 3.30. The number of aromatic nitrogens is 3. The maximum Gasteiger partial charge on any atom is 0.274 e. The van der Waals surface area contributed by atoms with Crippen molar-refractivity contribution in [2.45, 2.75) is 6.42 Å². The van der Waals surface area contributed by atoms with Gasteiger partial charge in [-0.2, -0.15) is 0 Å². The highest BCUT2D eigenvalue weighted by Crippen LogP contribution is 2.28. The highest BCUT2D eigenvalue weighted by Gasteiger charge is 2.28. The third kappa shape index (κ3) is 2.45. The maximum atomic E-state index is 12.8. The summed E-state index contributed by atoms with van der Waals surface area (Å²) in [6, 6.07) is 5.49. The van der Waals surface area contributed by atoms with Crippen molar-refractivity contribution in [3.8, 4) is 5.75 Å². The zero-order valence-electron chi connectivity index (χ0n) is 13.8. The zero-order valence-corrected chi connectivity index (χ0v) is 13.8. The van der Waals surface area contributed by atoms with Crippen LogP contribution in [0.4, 0.5) is 10.3 Å². The third-order valence-electron chi connectivity index (χ3n) is 4.65. The predicted octanol–water partition coefficient (Wildman–Crippen LogP) is 1.90. The van der Waals surface area contributed by atoms with Crippen LogP contribution in [-0.4, -0.2) is 52.0 Å². The molecule has 3 aromatic rings. The number of ether oxygens (including phenoxy) is 1. The number of carbonyl (C=O) groups is 1. The van der Waals surface area contributed by atoms with Crippen LogP contribution >= 0.6 is 0 Å². The summed E-state index contributed by atoms with van der Waals surface area (Å²) in [4.78, 5) is 23.2. The first-order valence-corrected chi connectivity index (χ1v) is 8.09. The van der Waals surface area contributed by atoms with Crippen LogP contribution in [0.5, 0.6) is 5.75 Å². The standard InChI is InChI=1S/C17H18FN5O2/c1-25-13-4-2-3-11-14(13)21-17(19)23-9-12(20-15(11)23)16(24)22-6-5-10(7-18)8-22/h2-4,9-10H,5-8H2,1H3,(H2,19,21). The molecule has 0 aliphatic carbocycles. The minimum Gasteiger partial charge on any atom is -0.494 e. The van der Waals surface area contributed by atoms with Crippen LogP contribution in [0.1, 0.15) is 16.9 Å². The molecule has 2 N–H and O–H groups in total. The van der Waals surface area contributed by atoms with E-state index in [2.05, 4.69) is 9.97 Å². The number of halogens is 1. The number of fused-ring (bicyclic) bond motifs is 3. The Morgan fingerprint density at radius 2 is 2.28 bits per heavy atom. The lowest BCUT2D eigenvalue weighted by molar-refractivity contribution is 0.0780. The van der Waals surface area contributed by atoms with Crippen LogP contribution < -0.4 is 10.5 Å².